The van der Waals surface area contributed by atoms with Crippen molar-refractivity contribution < 1.29 is 14.1 Å². The van der Waals surface area contributed by atoms with Crippen LogP contribution in [0.1, 0.15) is 0 Å². The number of halogens is 2. The van der Waals surface area contributed by atoms with Crippen LogP contribution in [0, 0.1) is 15.9 Å². The molecule has 0 amide bonds. The zero-order chi connectivity index (χ0) is 13.1. The molecule has 0 aliphatic heterocycles. The highest BCUT2D eigenvalue weighted by Crippen LogP contribution is 2.33. The number of nitro groups is 1. The van der Waals surface area contributed by atoms with Crippen LogP contribution in [0.15, 0.2) is 42.5 Å². The third-order valence-electron chi connectivity index (χ3n) is 2.16. The molecule has 0 radical (unpaired) electrons. The van der Waals surface area contributed by atoms with Crippen LogP contribution in [0.2, 0.25) is 5.02 Å². The summed E-state index contributed by atoms with van der Waals surface area (Å²) >= 11 is 5.76. The molecule has 0 fully saturated rings. The molecule has 0 heterocycles. The highest BCUT2D eigenvalue weighted by atomic mass is 35.5. The van der Waals surface area contributed by atoms with Gasteiger partial charge in [0.05, 0.1) is 4.92 Å². The average molecular weight is 268 g/mol. The minimum absolute atomic E-state index is 0.165. The second kappa shape index (κ2) is 5.01. The molecular weight excluding hydrogens is 261 g/mol. The maximum atomic E-state index is 13.3. The van der Waals surface area contributed by atoms with Gasteiger partial charge in [-0.05, 0) is 30.3 Å². The van der Waals surface area contributed by atoms with Crippen LogP contribution in [0.5, 0.6) is 11.5 Å². The lowest BCUT2D eigenvalue weighted by Gasteiger charge is -2.06. The van der Waals surface area contributed by atoms with Gasteiger partial charge in [0.25, 0.3) is 0 Å². The summed E-state index contributed by atoms with van der Waals surface area (Å²) < 4.78 is 18.6. The Morgan fingerprint density at radius 2 is 1.94 bits per heavy atom. The molecule has 2 aromatic rings. The van der Waals surface area contributed by atoms with Crippen molar-refractivity contribution in [2.75, 3.05) is 0 Å². The summed E-state index contributed by atoms with van der Waals surface area (Å²) in [7, 11) is 0. The molecule has 0 bridgehead atoms. The van der Waals surface area contributed by atoms with Crippen LogP contribution in [0.25, 0.3) is 0 Å². The Balaban J connectivity index is 2.40. The quantitative estimate of drug-likeness (QED) is 0.619. The van der Waals surface area contributed by atoms with E-state index in [2.05, 4.69) is 0 Å². The molecule has 92 valence electrons. The van der Waals surface area contributed by atoms with Crippen LogP contribution in [0.4, 0.5) is 10.1 Å². The average Bonchev–Trinajstić information content (AvgIpc) is 2.28. The third kappa shape index (κ3) is 2.57. The van der Waals surface area contributed by atoms with E-state index in [1.54, 1.807) is 18.2 Å². The molecule has 0 spiro atoms. The van der Waals surface area contributed by atoms with Gasteiger partial charge in [0.1, 0.15) is 5.75 Å². The second-order valence-electron chi connectivity index (χ2n) is 3.40. The van der Waals surface area contributed by atoms with Crippen molar-refractivity contribution >= 4 is 17.3 Å². The fourth-order valence-corrected chi connectivity index (χ4v) is 1.59. The minimum Gasteiger partial charge on any atom is -0.450 e. The lowest BCUT2D eigenvalue weighted by molar-refractivity contribution is -0.388. The van der Waals surface area contributed by atoms with E-state index in [1.165, 1.54) is 18.2 Å². The second-order valence-corrected chi connectivity index (χ2v) is 3.84. The highest BCUT2D eigenvalue weighted by Gasteiger charge is 2.21. The predicted molar refractivity (Wildman–Crippen MR) is 64.6 cm³/mol. The summed E-state index contributed by atoms with van der Waals surface area (Å²) in [5.41, 5.74) is -0.697. The number of ether oxygens (including phenoxy) is 1. The smallest absolute Gasteiger partial charge is 0.346 e. The van der Waals surface area contributed by atoms with E-state index in [-0.39, 0.29) is 5.75 Å². The Kier molecular flexibility index (Phi) is 3.43. The molecule has 0 aliphatic rings. The summed E-state index contributed by atoms with van der Waals surface area (Å²) in [5, 5.41) is 11.2. The predicted octanol–water partition coefficient (Wildman–Crippen LogP) is 4.18. The van der Waals surface area contributed by atoms with E-state index >= 15 is 0 Å². The molecule has 0 aromatic heterocycles. The number of nitrogens with zero attached hydrogens (tertiary/aromatic N) is 1. The van der Waals surface area contributed by atoms with Crippen molar-refractivity contribution in [1.82, 2.24) is 0 Å². The molecule has 0 atom stereocenters. The summed E-state index contributed by atoms with van der Waals surface area (Å²) in [6.07, 6.45) is 0. The maximum absolute atomic E-state index is 13.3. The number of para-hydroxylation sites is 1. The van der Waals surface area contributed by atoms with Gasteiger partial charge in [0.2, 0.25) is 11.6 Å². The van der Waals surface area contributed by atoms with Crippen molar-refractivity contribution in [3.8, 4) is 11.5 Å². The summed E-state index contributed by atoms with van der Waals surface area (Å²) in [5.74, 6) is -0.807. The van der Waals surface area contributed by atoms with Gasteiger partial charge in [-0.15, -0.1) is 0 Å². The standard InChI is InChI=1S/C12H7ClFNO3/c13-8-3-1-4-9(7-8)18-11-6-2-5-10(14)12(11)15(16)17/h1-7H. The van der Waals surface area contributed by atoms with Crippen LogP contribution in [-0.2, 0) is 0 Å². The fraction of sp³-hybridized carbons (Fsp3) is 0. The van der Waals surface area contributed by atoms with Gasteiger partial charge in [-0.25, -0.2) is 0 Å². The monoisotopic (exact) mass is 267 g/mol. The normalized spacial score (nSPS) is 10.1. The van der Waals surface area contributed by atoms with Gasteiger partial charge in [-0.3, -0.25) is 10.1 Å². The number of nitro benzene ring substituents is 1. The molecule has 0 saturated heterocycles. The first kappa shape index (κ1) is 12.3. The van der Waals surface area contributed by atoms with Gasteiger partial charge in [0.15, 0.2) is 0 Å². The number of rotatable bonds is 3. The van der Waals surface area contributed by atoms with Crippen LogP contribution in [0.3, 0.4) is 0 Å². The lowest BCUT2D eigenvalue weighted by atomic mass is 10.3. The van der Waals surface area contributed by atoms with Gasteiger partial charge in [0, 0.05) is 5.02 Å². The van der Waals surface area contributed by atoms with Crippen molar-refractivity contribution in [3.63, 3.8) is 0 Å². The van der Waals surface area contributed by atoms with Crippen molar-refractivity contribution in [3.05, 3.63) is 63.4 Å². The van der Waals surface area contributed by atoms with E-state index in [4.69, 9.17) is 16.3 Å². The first-order valence-electron chi connectivity index (χ1n) is 4.94. The molecule has 6 heteroatoms. The SMILES string of the molecule is O=[N+]([O-])c1c(F)cccc1Oc1cccc(Cl)c1. The van der Waals surface area contributed by atoms with Crippen LogP contribution >= 0.6 is 11.6 Å². The van der Waals surface area contributed by atoms with Crippen LogP contribution < -0.4 is 4.74 Å². The van der Waals surface area contributed by atoms with Crippen LogP contribution in [-0.4, -0.2) is 4.92 Å². The Labute approximate surface area is 107 Å². The molecule has 0 unspecified atom stereocenters. The van der Waals surface area contributed by atoms with Crippen molar-refractivity contribution in [2.24, 2.45) is 0 Å². The summed E-state index contributed by atoms with van der Waals surface area (Å²) in [4.78, 5) is 9.94. The molecule has 0 aliphatic carbocycles. The Bertz CT molecular complexity index is 604. The highest BCUT2D eigenvalue weighted by molar-refractivity contribution is 6.30. The van der Waals surface area contributed by atoms with Crippen molar-refractivity contribution in [1.29, 1.82) is 0 Å². The van der Waals surface area contributed by atoms with Gasteiger partial charge in [-0.1, -0.05) is 23.7 Å². The zero-order valence-corrected chi connectivity index (χ0v) is 9.73. The maximum Gasteiger partial charge on any atom is 0.346 e. The molecular formula is C12H7ClFNO3. The van der Waals surface area contributed by atoms with E-state index in [0.29, 0.717) is 10.8 Å². The summed E-state index contributed by atoms with van der Waals surface area (Å²) in [6, 6.07) is 9.97. The zero-order valence-electron chi connectivity index (χ0n) is 8.97. The first-order valence-corrected chi connectivity index (χ1v) is 5.32. The molecule has 2 rings (SSSR count). The topological polar surface area (TPSA) is 52.4 Å². The third-order valence-corrected chi connectivity index (χ3v) is 2.39. The molecule has 0 saturated carbocycles. The van der Waals surface area contributed by atoms with Gasteiger partial charge in [-0.2, -0.15) is 4.39 Å². The largest absolute Gasteiger partial charge is 0.450 e. The Morgan fingerprint density at radius 3 is 2.61 bits per heavy atom. The minimum atomic E-state index is -0.945. The lowest BCUT2D eigenvalue weighted by Crippen LogP contribution is -1.96. The first-order chi connectivity index (χ1) is 8.58. The van der Waals surface area contributed by atoms with Gasteiger partial charge < -0.3 is 4.74 Å². The molecule has 2 aromatic carbocycles. The molecule has 4 nitrogen and oxygen atoms in total. The van der Waals surface area contributed by atoms with E-state index < -0.39 is 16.4 Å². The number of hydrogen-bond donors (Lipinski definition) is 0. The number of hydrogen-bond acceptors (Lipinski definition) is 3. The van der Waals surface area contributed by atoms with E-state index in [0.717, 1.165) is 6.07 Å². The van der Waals surface area contributed by atoms with Gasteiger partial charge >= 0.3 is 5.69 Å². The fourth-order valence-electron chi connectivity index (χ4n) is 1.41. The number of benzene rings is 2. The summed E-state index contributed by atoms with van der Waals surface area (Å²) in [6.45, 7) is 0. The van der Waals surface area contributed by atoms with Crippen molar-refractivity contribution in [2.45, 2.75) is 0 Å². The molecule has 0 N–H and O–H groups in total. The van der Waals surface area contributed by atoms with E-state index in [1.807, 2.05) is 0 Å². The van der Waals surface area contributed by atoms with E-state index in [9.17, 15) is 14.5 Å². The molecule has 18 heavy (non-hydrogen) atoms. The Morgan fingerprint density at radius 1 is 1.22 bits per heavy atom. The Hall–Kier alpha value is -2.14.